The summed E-state index contributed by atoms with van der Waals surface area (Å²) in [6.45, 7) is 6.68. The Balaban J connectivity index is 1.47. The molecule has 2 aromatic rings. The average Bonchev–Trinajstić information content (AvgIpc) is 3.09. The molecular formula is C14H20N4OS. The number of aromatic nitrogens is 2. The van der Waals surface area contributed by atoms with Gasteiger partial charge in [0, 0.05) is 32.1 Å². The van der Waals surface area contributed by atoms with Crippen molar-refractivity contribution < 1.29 is 4.52 Å². The van der Waals surface area contributed by atoms with Gasteiger partial charge in [-0.2, -0.15) is 4.98 Å². The molecule has 1 aliphatic rings. The minimum atomic E-state index is 0.595. The van der Waals surface area contributed by atoms with Crippen LogP contribution in [0.5, 0.6) is 0 Å². The summed E-state index contributed by atoms with van der Waals surface area (Å²) in [6.07, 6.45) is 1.93. The molecule has 5 nitrogen and oxygen atoms in total. The summed E-state index contributed by atoms with van der Waals surface area (Å²) in [5, 5.41) is 9.52. The van der Waals surface area contributed by atoms with Crippen LogP contribution in [0.3, 0.4) is 0 Å². The molecule has 0 unspecified atom stereocenters. The topological polar surface area (TPSA) is 54.2 Å². The second-order valence-corrected chi connectivity index (χ2v) is 6.20. The molecule has 0 spiro atoms. The minimum Gasteiger partial charge on any atom is -0.339 e. The van der Waals surface area contributed by atoms with Crippen molar-refractivity contribution in [3.05, 3.63) is 23.4 Å². The Hall–Kier alpha value is -1.24. The number of hydrogen-bond acceptors (Lipinski definition) is 6. The second-order valence-electron chi connectivity index (χ2n) is 5.25. The Morgan fingerprint density at radius 3 is 3.30 bits per heavy atom. The molecule has 0 bridgehead atoms. The van der Waals surface area contributed by atoms with Crippen molar-refractivity contribution in [3.8, 4) is 10.7 Å². The van der Waals surface area contributed by atoms with Crippen LogP contribution < -0.4 is 5.32 Å². The van der Waals surface area contributed by atoms with Gasteiger partial charge in [0.15, 0.2) is 0 Å². The third-order valence-electron chi connectivity index (χ3n) is 3.53. The highest BCUT2D eigenvalue weighted by atomic mass is 32.1. The Morgan fingerprint density at radius 1 is 1.55 bits per heavy atom. The molecule has 0 aliphatic carbocycles. The first-order valence-corrected chi connectivity index (χ1v) is 8.01. The molecular weight excluding hydrogens is 272 g/mol. The number of hydrogen-bond donors (Lipinski definition) is 1. The lowest BCUT2D eigenvalue weighted by molar-refractivity contribution is 0.203. The molecule has 108 valence electrons. The molecule has 3 heterocycles. The molecule has 0 saturated carbocycles. The van der Waals surface area contributed by atoms with E-state index in [0.29, 0.717) is 11.9 Å². The molecule has 0 aromatic carbocycles. The van der Waals surface area contributed by atoms with Gasteiger partial charge in [-0.3, -0.25) is 0 Å². The number of piperazine rings is 1. The van der Waals surface area contributed by atoms with Gasteiger partial charge in [-0.1, -0.05) is 11.2 Å². The van der Waals surface area contributed by atoms with Gasteiger partial charge in [-0.25, -0.2) is 0 Å². The van der Waals surface area contributed by atoms with Crippen molar-refractivity contribution >= 4 is 11.3 Å². The predicted molar refractivity (Wildman–Crippen MR) is 79.8 cm³/mol. The number of thiophene rings is 1. The standard InChI is InChI=1S/C14H20N4OS/c1-11-10-18(8-6-15-11)7-2-5-13-16-14(17-19-13)12-4-3-9-20-12/h3-4,9,11,15H,2,5-8,10H2,1H3/t11-/m1/s1. The first kappa shape index (κ1) is 13.7. The first-order chi connectivity index (χ1) is 9.81. The fourth-order valence-electron chi connectivity index (χ4n) is 2.53. The van der Waals surface area contributed by atoms with Crippen molar-refractivity contribution in [2.45, 2.75) is 25.8 Å². The summed E-state index contributed by atoms with van der Waals surface area (Å²) < 4.78 is 5.31. The van der Waals surface area contributed by atoms with Crippen LogP contribution in [0, 0.1) is 0 Å². The minimum absolute atomic E-state index is 0.595. The van der Waals surface area contributed by atoms with E-state index in [4.69, 9.17) is 4.52 Å². The highest BCUT2D eigenvalue weighted by molar-refractivity contribution is 7.13. The second kappa shape index (κ2) is 6.47. The van der Waals surface area contributed by atoms with Crippen LogP contribution in [0.4, 0.5) is 0 Å². The van der Waals surface area contributed by atoms with E-state index in [-0.39, 0.29) is 0 Å². The lowest BCUT2D eigenvalue weighted by Crippen LogP contribution is -2.49. The Bertz CT molecular complexity index is 525. The largest absolute Gasteiger partial charge is 0.339 e. The van der Waals surface area contributed by atoms with Crippen LogP contribution in [0.2, 0.25) is 0 Å². The fraction of sp³-hybridized carbons (Fsp3) is 0.571. The van der Waals surface area contributed by atoms with Gasteiger partial charge >= 0.3 is 0 Å². The zero-order valence-corrected chi connectivity index (χ0v) is 12.5. The maximum absolute atomic E-state index is 5.31. The van der Waals surface area contributed by atoms with Crippen molar-refractivity contribution in [2.75, 3.05) is 26.2 Å². The molecule has 1 fully saturated rings. The molecule has 1 aliphatic heterocycles. The van der Waals surface area contributed by atoms with E-state index in [0.717, 1.165) is 49.8 Å². The van der Waals surface area contributed by atoms with Crippen LogP contribution in [-0.2, 0) is 6.42 Å². The third-order valence-corrected chi connectivity index (χ3v) is 4.39. The molecule has 2 aromatic heterocycles. The van der Waals surface area contributed by atoms with Gasteiger partial charge in [-0.05, 0) is 31.3 Å². The molecule has 6 heteroatoms. The molecule has 3 rings (SSSR count). The quantitative estimate of drug-likeness (QED) is 0.914. The normalized spacial score (nSPS) is 20.4. The van der Waals surface area contributed by atoms with Crippen LogP contribution >= 0.6 is 11.3 Å². The summed E-state index contributed by atoms with van der Waals surface area (Å²) in [7, 11) is 0. The molecule has 1 N–H and O–H groups in total. The van der Waals surface area contributed by atoms with Gasteiger partial charge < -0.3 is 14.7 Å². The number of nitrogens with zero attached hydrogens (tertiary/aromatic N) is 3. The Labute approximate surface area is 123 Å². The van der Waals surface area contributed by atoms with E-state index in [2.05, 4.69) is 27.3 Å². The van der Waals surface area contributed by atoms with Crippen molar-refractivity contribution in [2.24, 2.45) is 0 Å². The summed E-state index contributed by atoms with van der Waals surface area (Å²) in [6, 6.07) is 4.61. The van der Waals surface area contributed by atoms with Crippen LogP contribution in [-0.4, -0.2) is 47.3 Å². The lowest BCUT2D eigenvalue weighted by atomic mass is 10.2. The molecule has 0 radical (unpaired) electrons. The van der Waals surface area contributed by atoms with Gasteiger partial charge in [-0.15, -0.1) is 11.3 Å². The lowest BCUT2D eigenvalue weighted by Gasteiger charge is -2.31. The van der Waals surface area contributed by atoms with E-state index in [1.807, 2.05) is 17.5 Å². The Kier molecular flexibility index (Phi) is 4.44. The van der Waals surface area contributed by atoms with Gasteiger partial charge in [0.2, 0.25) is 11.7 Å². The van der Waals surface area contributed by atoms with Crippen molar-refractivity contribution in [1.29, 1.82) is 0 Å². The van der Waals surface area contributed by atoms with Gasteiger partial charge in [0.05, 0.1) is 4.88 Å². The van der Waals surface area contributed by atoms with E-state index < -0.39 is 0 Å². The van der Waals surface area contributed by atoms with Crippen molar-refractivity contribution in [3.63, 3.8) is 0 Å². The fourth-order valence-corrected chi connectivity index (χ4v) is 3.18. The van der Waals surface area contributed by atoms with Gasteiger partial charge in [0.1, 0.15) is 0 Å². The zero-order chi connectivity index (χ0) is 13.8. The summed E-state index contributed by atoms with van der Waals surface area (Å²) in [5.41, 5.74) is 0. The summed E-state index contributed by atoms with van der Waals surface area (Å²) in [4.78, 5) is 8.02. The molecule has 0 amide bonds. The summed E-state index contributed by atoms with van der Waals surface area (Å²) in [5.74, 6) is 1.46. The number of nitrogens with one attached hydrogen (secondary N) is 1. The first-order valence-electron chi connectivity index (χ1n) is 7.13. The van der Waals surface area contributed by atoms with Crippen LogP contribution in [0.15, 0.2) is 22.0 Å². The van der Waals surface area contributed by atoms with Gasteiger partial charge in [0.25, 0.3) is 0 Å². The van der Waals surface area contributed by atoms with E-state index in [9.17, 15) is 0 Å². The maximum Gasteiger partial charge on any atom is 0.227 e. The third kappa shape index (κ3) is 3.45. The van der Waals surface area contributed by atoms with Crippen LogP contribution in [0.1, 0.15) is 19.2 Å². The number of aryl methyl sites for hydroxylation is 1. The summed E-state index contributed by atoms with van der Waals surface area (Å²) >= 11 is 1.64. The molecule has 20 heavy (non-hydrogen) atoms. The van der Waals surface area contributed by atoms with E-state index >= 15 is 0 Å². The number of rotatable bonds is 5. The maximum atomic E-state index is 5.31. The van der Waals surface area contributed by atoms with Crippen molar-refractivity contribution in [1.82, 2.24) is 20.4 Å². The smallest absolute Gasteiger partial charge is 0.227 e. The van der Waals surface area contributed by atoms with Crippen LogP contribution in [0.25, 0.3) is 10.7 Å². The highest BCUT2D eigenvalue weighted by Gasteiger charge is 2.15. The zero-order valence-electron chi connectivity index (χ0n) is 11.7. The molecule has 1 atom stereocenters. The molecule has 1 saturated heterocycles. The van der Waals surface area contributed by atoms with E-state index in [1.165, 1.54) is 0 Å². The average molecular weight is 292 g/mol. The SMILES string of the molecule is C[C@@H]1CN(CCCc2nc(-c3cccs3)no2)CCN1. The highest BCUT2D eigenvalue weighted by Crippen LogP contribution is 2.21. The monoisotopic (exact) mass is 292 g/mol. The van der Waals surface area contributed by atoms with E-state index in [1.54, 1.807) is 11.3 Å². The predicted octanol–water partition coefficient (Wildman–Crippen LogP) is 2.02. The Morgan fingerprint density at radius 2 is 2.50 bits per heavy atom.